The van der Waals surface area contributed by atoms with Gasteiger partial charge in [-0.15, -0.1) is 0 Å². The summed E-state index contributed by atoms with van der Waals surface area (Å²) < 4.78 is 5.72. The van der Waals surface area contributed by atoms with Gasteiger partial charge < -0.3 is 24.5 Å². The third kappa shape index (κ3) is 6.38. The van der Waals surface area contributed by atoms with Crippen molar-refractivity contribution in [3.63, 3.8) is 0 Å². The molecule has 8 rings (SSSR count). The number of carbonyl (C=O) groups is 3. The predicted octanol–water partition coefficient (Wildman–Crippen LogP) is 7.07. The Labute approximate surface area is 311 Å². The van der Waals surface area contributed by atoms with E-state index in [1.54, 1.807) is 77.8 Å². The summed E-state index contributed by atoms with van der Waals surface area (Å²) in [6.07, 6.45) is 1.87. The number of hydrogen-bond acceptors (Lipinski definition) is 8. The van der Waals surface area contributed by atoms with Gasteiger partial charge in [0, 0.05) is 36.2 Å². The van der Waals surface area contributed by atoms with Crippen molar-refractivity contribution in [3.8, 4) is 22.8 Å². The second-order valence-corrected chi connectivity index (χ2v) is 14.1. The van der Waals surface area contributed by atoms with Crippen molar-refractivity contribution >= 4 is 34.6 Å². The number of oxazole rings is 1. The Morgan fingerprint density at radius 3 is 2.33 bits per heavy atom. The van der Waals surface area contributed by atoms with Crippen LogP contribution in [0.5, 0.6) is 0 Å². The summed E-state index contributed by atoms with van der Waals surface area (Å²) in [5.74, 6) is 0.642. The number of nitrogens with one attached hydrogen (secondary N) is 2. The second kappa shape index (κ2) is 14.5. The molecule has 0 saturated carbocycles. The second-order valence-electron chi connectivity index (χ2n) is 14.1. The van der Waals surface area contributed by atoms with Crippen molar-refractivity contribution < 1.29 is 33.5 Å². The number of anilines is 1. The molecule has 2 saturated heterocycles. The molecule has 2 aliphatic rings. The molecule has 54 heavy (non-hydrogen) atoms. The maximum absolute atomic E-state index is 13.9. The van der Waals surface area contributed by atoms with Gasteiger partial charge in [-0.2, -0.15) is 4.48 Å². The van der Waals surface area contributed by atoms with Crippen LogP contribution in [-0.2, 0) is 9.59 Å². The van der Waals surface area contributed by atoms with Crippen molar-refractivity contribution in [3.05, 3.63) is 126 Å². The number of imide groups is 1. The number of rotatable bonds is 8. The fraction of sp³-hybridized carbons (Fsp3) is 0.262. The predicted molar refractivity (Wildman–Crippen MR) is 201 cm³/mol. The van der Waals surface area contributed by atoms with Gasteiger partial charge in [0.25, 0.3) is 5.91 Å². The molecule has 1 unspecified atom stereocenters. The first-order chi connectivity index (χ1) is 26.2. The molecule has 4 N–H and O–H groups in total. The molecule has 2 aromatic heterocycles. The lowest BCUT2D eigenvalue weighted by Crippen LogP contribution is -2.62. The Morgan fingerprint density at radius 2 is 1.61 bits per heavy atom. The summed E-state index contributed by atoms with van der Waals surface area (Å²) in [7, 11) is 0. The van der Waals surface area contributed by atoms with Gasteiger partial charge >= 0.3 is 11.9 Å². The molecule has 5 atom stereocenters. The lowest BCUT2D eigenvalue weighted by molar-refractivity contribution is -0.784. The number of urea groups is 1. The lowest BCUT2D eigenvalue weighted by Gasteiger charge is -2.34. The minimum Gasteiger partial charge on any atom is -0.436 e. The number of aromatic nitrogens is 3. The molecular weight excluding hydrogens is 684 g/mol. The molecule has 0 spiro atoms. The van der Waals surface area contributed by atoms with Crippen LogP contribution in [0.1, 0.15) is 67.8 Å². The van der Waals surface area contributed by atoms with Gasteiger partial charge in [-0.3, -0.25) is 10.1 Å². The number of likely N-dealkylation sites (tertiary alicyclic amines) is 2. The van der Waals surface area contributed by atoms with Crippen LogP contribution in [-0.4, -0.2) is 71.5 Å². The number of quaternary nitrogens is 1. The third-order valence-electron chi connectivity index (χ3n) is 10.8. The molecule has 274 valence electrons. The van der Waals surface area contributed by atoms with E-state index in [0.29, 0.717) is 65.8 Å². The van der Waals surface area contributed by atoms with Crippen molar-refractivity contribution in [2.75, 3.05) is 18.4 Å². The Balaban J connectivity index is 0.991. The van der Waals surface area contributed by atoms with Crippen LogP contribution < -0.4 is 5.32 Å². The molecule has 12 nitrogen and oxygen atoms in total. The number of imidazole rings is 1. The Morgan fingerprint density at radius 1 is 0.870 bits per heavy atom. The van der Waals surface area contributed by atoms with E-state index < -0.39 is 28.6 Å². The molecular formula is C42H41N6O6+. The van der Waals surface area contributed by atoms with Gasteiger partial charge in [0.1, 0.15) is 11.9 Å². The van der Waals surface area contributed by atoms with E-state index in [4.69, 9.17) is 9.40 Å². The number of benzene rings is 4. The maximum atomic E-state index is 13.9. The first kappa shape index (κ1) is 35.1. The average Bonchev–Trinajstić information content (AvgIpc) is 4.04. The molecule has 4 heterocycles. The Kier molecular flexibility index (Phi) is 9.40. The number of amides is 4. The van der Waals surface area contributed by atoms with Crippen molar-refractivity contribution in [2.45, 2.75) is 56.9 Å². The van der Waals surface area contributed by atoms with Crippen molar-refractivity contribution in [1.29, 1.82) is 0 Å². The number of aliphatic hydroxyl groups is 2. The van der Waals surface area contributed by atoms with Crippen LogP contribution in [0.3, 0.4) is 0 Å². The van der Waals surface area contributed by atoms with E-state index in [1.165, 1.54) is 0 Å². The molecule has 0 radical (unpaired) electrons. The summed E-state index contributed by atoms with van der Waals surface area (Å²) in [5, 5.41) is 24.8. The molecule has 4 amide bonds. The Hall–Kier alpha value is -5.95. The number of hydrogen-bond donors (Lipinski definition) is 4. The molecule has 2 fully saturated rings. The van der Waals surface area contributed by atoms with E-state index in [2.05, 4.69) is 15.3 Å². The van der Waals surface area contributed by atoms with Crippen molar-refractivity contribution in [1.82, 2.24) is 19.9 Å². The number of H-pyrrole nitrogens is 1. The molecule has 6 aromatic rings. The third-order valence-corrected chi connectivity index (χ3v) is 10.8. The average molecular weight is 726 g/mol. The first-order valence-corrected chi connectivity index (χ1v) is 18.3. The largest absolute Gasteiger partial charge is 0.436 e. The maximum Gasteiger partial charge on any atom is 0.428 e. The zero-order valence-corrected chi connectivity index (χ0v) is 29.8. The number of aromatic amines is 1. The molecule has 0 bridgehead atoms. The van der Waals surface area contributed by atoms with E-state index >= 15 is 0 Å². The lowest BCUT2D eigenvalue weighted by atomic mass is 10.1. The van der Waals surface area contributed by atoms with Crippen molar-refractivity contribution in [2.24, 2.45) is 0 Å². The normalized spacial score (nSPS) is 20.9. The summed E-state index contributed by atoms with van der Waals surface area (Å²) in [5.41, 5.74) is 4.39. The minimum absolute atomic E-state index is 0.283. The van der Waals surface area contributed by atoms with Gasteiger partial charge in [0.05, 0.1) is 29.8 Å². The van der Waals surface area contributed by atoms with Crippen LogP contribution >= 0.6 is 0 Å². The minimum atomic E-state index is -1.43. The highest BCUT2D eigenvalue weighted by atomic mass is 16.4. The van der Waals surface area contributed by atoms with Crippen LogP contribution in [0.25, 0.3) is 33.8 Å². The summed E-state index contributed by atoms with van der Waals surface area (Å²) >= 11 is 0. The number of nitrogens with zero attached hydrogens (tertiary/aromatic N) is 4. The fourth-order valence-corrected chi connectivity index (χ4v) is 7.89. The van der Waals surface area contributed by atoms with E-state index in [0.717, 1.165) is 29.4 Å². The highest BCUT2D eigenvalue weighted by molar-refractivity contribution is 5.94. The molecule has 4 aromatic carbocycles. The fourth-order valence-electron chi connectivity index (χ4n) is 7.89. The van der Waals surface area contributed by atoms with Crippen LogP contribution in [0.15, 0.2) is 114 Å². The standard InChI is InChI=1S/C42H40N6O6/c1-26-11-10-22-48(26,41(52)37(50)28-14-6-3-7-15-28)42(53)44-31-17-8-16-30(23-31)39-43-25-35(54-39)29-19-20-32-33(24-29)46-38(45-32)34-18-9-21-47(34)40(51)36(49)27-12-4-2-5-13-27/h2-8,12-17,19-20,23-26,34,36-37,49-50H,9-11,18,21-22H2,1H3,(H-,44,45,46,53)/p+1/t26-,34+,36-,37-,48?/m1/s1. The molecule has 0 aliphatic carbocycles. The highest BCUT2D eigenvalue weighted by Gasteiger charge is 2.55. The molecule has 2 aliphatic heterocycles. The number of carbonyl (C=O) groups excluding carboxylic acids is 3. The Bertz CT molecular complexity index is 2320. The quantitative estimate of drug-likeness (QED) is 0.121. The van der Waals surface area contributed by atoms with Gasteiger partial charge in [0.2, 0.25) is 5.89 Å². The molecule has 12 heteroatoms. The van der Waals surface area contributed by atoms with Gasteiger partial charge in [-0.1, -0.05) is 66.7 Å². The van der Waals surface area contributed by atoms with Crippen LogP contribution in [0, 0.1) is 0 Å². The zero-order valence-electron chi connectivity index (χ0n) is 29.8. The van der Waals surface area contributed by atoms with Crippen LogP contribution in [0.2, 0.25) is 0 Å². The summed E-state index contributed by atoms with van der Waals surface area (Å²) in [6.45, 7) is 2.71. The van der Waals surface area contributed by atoms with Gasteiger partial charge in [-0.05, 0) is 67.3 Å². The van der Waals surface area contributed by atoms with E-state index in [1.807, 2.05) is 43.3 Å². The summed E-state index contributed by atoms with van der Waals surface area (Å²) in [6, 6.07) is 29.4. The first-order valence-electron chi connectivity index (χ1n) is 18.3. The zero-order chi connectivity index (χ0) is 37.4. The van der Waals surface area contributed by atoms with E-state index in [9.17, 15) is 24.6 Å². The number of fused-ring (bicyclic) bond motifs is 1. The SMILES string of the molecule is C[C@@H]1CCC[N+]1(C(=O)Nc1cccc(-c2ncc(-c3ccc4nc([C@@H]5CCCN5C(=O)[C@H](O)c5ccccc5)[nH]c4c3)o2)c1)C(=O)[C@H](O)c1ccccc1. The monoisotopic (exact) mass is 725 g/mol. The smallest absolute Gasteiger partial charge is 0.428 e. The number of aliphatic hydroxyl groups excluding tert-OH is 2. The van der Waals surface area contributed by atoms with E-state index in [-0.39, 0.29) is 18.0 Å². The van der Waals surface area contributed by atoms with Gasteiger partial charge in [-0.25, -0.2) is 19.6 Å². The van der Waals surface area contributed by atoms with Gasteiger partial charge in [0.15, 0.2) is 18.0 Å². The summed E-state index contributed by atoms with van der Waals surface area (Å²) in [4.78, 5) is 55.5. The topological polar surface area (TPSA) is 162 Å². The van der Waals surface area contributed by atoms with Crippen LogP contribution in [0.4, 0.5) is 10.5 Å². The highest BCUT2D eigenvalue weighted by Crippen LogP contribution is 2.36.